The van der Waals surface area contributed by atoms with E-state index in [1.807, 2.05) is 26.0 Å². The van der Waals surface area contributed by atoms with Crippen LogP contribution in [0.3, 0.4) is 0 Å². The quantitative estimate of drug-likeness (QED) is 0.633. The Balaban J connectivity index is 2.95. The van der Waals surface area contributed by atoms with Gasteiger partial charge in [-0.05, 0) is 42.5 Å². The van der Waals surface area contributed by atoms with Gasteiger partial charge in [0.2, 0.25) is 0 Å². The third-order valence-electron chi connectivity index (χ3n) is 3.17. The number of phenols is 1. The molecule has 0 radical (unpaired) electrons. The van der Waals surface area contributed by atoms with Crippen molar-refractivity contribution in [2.24, 2.45) is 20.5 Å². The second kappa shape index (κ2) is 5.24. The fourth-order valence-electron chi connectivity index (χ4n) is 2.30. The number of nitrogens with zero attached hydrogens (tertiary/aromatic N) is 4. The number of nitrogens with two attached hydrogens (primary N) is 1. The van der Waals surface area contributed by atoms with Crippen LogP contribution in [-0.2, 0) is 0 Å². The number of hydrogen-bond donors (Lipinski definition) is 2. The molecule has 0 aromatic heterocycles. The summed E-state index contributed by atoms with van der Waals surface area (Å²) in [6.07, 6.45) is 0. The van der Waals surface area contributed by atoms with Crippen LogP contribution in [0.4, 0.5) is 17.1 Å². The summed E-state index contributed by atoms with van der Waals surface area (Å²) in [5, 5.41) is 27.3. The Morgan fingerprint density at radius 3 is 2.00 bits per heavy atom. The van der Waals surface area contributed by atoms with Crippen LogP contribution in [0.15, 0.2) is 32.6 Å². The van der Waals surface area contributed by atoms with Gasteiger partial charge >= 0.3 is 0 Å². The summed E-state index contributed by atoms with van der Waals surface area (Å²) in [5.74, 6) is 0.0238. The molecule has 0 atom stereocenters. The number of hydrogen-bond acceptors (Lipinski definition) is 6. The number of phenolic OH excluding ortho intramolecular Hbond substituents is 1. The van der Waals surface area contributed by atoms with E-state index in [4.69, 9.17) is 5.73 Å². The van der Waals surface area contributed by atoms with Gasteiger partial charge in [0.1, 0.15) is 11.4 Å². The van der Waals surface area contributed by atoms with Crippen LogP contribution in [0.2, 0.25) is 0 Å². The van der Waals surface area contributed by atoms with E-state index in [9.17, 15) is 5.11 Å². The predicted molar refractivity (Wildman–Crippen MR) is 80.4 cm³/mol. The van der Waals surface area contributed by atoms with Gasteiger partial charge in [-0.25, -0.2) is 0 Å². The zero-order valence-electron chi connectivity index (χ0n) is 12.0. The molecule has 20 heavy (non-hydrogen) atoms. The summed E-state index contributed by atoms with van der Waals surface area (Å²) < 4.78 is 0. The Bertz CT molecular complexity index is 676. The number of anilines is 1. The highest BCUT2D eigenvalue weighted by Gasteiger charge is 2.16. The van der Waals surface area contributed by atoms with Gasteiger partial charge in [0.25, 0.3) is 0 Å². The maximum absolute atomic E-state index is 10.4. The maximum atomic E-state index is 10.4. The molecule has 2 aromatic carbocycles. The highest BCUT2D eigenvalue weighted by atomic mass is 16.3. The van der Waals surface area contributed by atoms with E-state index in [1.54, 1.807) is 14.1 Å². The topological polar surface area (TPSA) is 95.7 Å². The van der Waals surface area contributed by atoms with Crippen molar-refractivity contribution in [3.63, 3.8) is 0 Å². The Hall–Kier alpha value is -2.50. The number of azo groups is 2. The van der Waals surface area contributed by atoms with Crippen molar-refractivity contribution in [2.75, 3.05) is 19.8 Å². The molecule has 0 bridgehead atoms. The molecule has 3 N–H and O–H groups in total. The first-order chi connectivity index (χ1) is 9.51. The fourth-order valence-corrected chi connectivity index (χ4v) is 2.30. The predicted octanol–water partition coefficient (Wildman–Crippen LogP) is 4.17. The molecule has 0 aliphatic rings. The van der Waals surface area contributed by atoms with Gasteiger partial charge in [-0.2, -0.15) is 20.5 Å². The highest BCUT2D eigenvalue weighted by molar-refractivity contribution is 6.06. The number of nitrogen functional groups attached to an aromatic ring is 1. The minimum Gasteiger partial charge on any atom is -0.505 e. The second-order valence-corrected chi connectivity index (χ2v) is 4.54. The molecule has 0 saturated carbocycles. The van der Waals surface area contributed by atoms with E-state index >= 15 is 0 Å². The minimum atomic E-state index is 0.0238. The molecule has 0 aliphatic carbocycles. The molecule has 0 amide bonds. The molecule has 0 unspecified atom stereocenters. The second-order valence-electron chi connectivity index (χ2n) is 4.54. The number of rotatable bonds is 2. The summed E-state index contributed by atoms with van der Waals surface area (Å²) in [4.78, 5) is 0. The summed E-state index contributed by atoms with van der Waals surface area (Å²) in [5.41, 5.74) is 9.27. The van der Waals surface area contributed by atoms with Crippen LogP contribution in [0.5, 0.6) is 5.75 Å². The van der Waals surface area contributed by atoms with E-state index in [0.29, 0.717) is 22.4 Å². The van der Waals surface area contributed by atoms with E-state index in [-0.39, 0.29) is 5.75 Å². The standard InChI is InChI=1S/C14H17N5O/c1-7-5-9-6-8(2)13(19-17-4)14(20)10(9)11(15)12(7)18-16-3/h5-6,20H,15H2,1-4H3/b18-16+,19-17+. The normalized spacial score (nSPS) is 12.0. The largest absolute Gasteiger partial charge is 0.505 e. The van der Waals surface area contributed by atoms with Crippen molar-refractivity contribution >= 4 is 27.8 Å². The summed E-state index contributed by atoms with van der Waals surface area (Å²) in [6, 6.07) is 3.85. The monoisotopic (exact) mass is 271 g/mol. The fraction of sp³-hybridized carbons (Fsp3) is 0.286. The first-order valence-electron chi connectivity index (χ1n) is 6.16. The molecule has 0 aliphatic heterocycles. The highest BCUT2D eigenvalue weighted by Crippen LogP contribution is 2.45. The number of benzene rings is 2. The summed E-state index contributed by atoms with van der Waals surface area (Å²) in [6.45, 7) is 3.78. The number of fused-ring (bicyclic) bond motifs is 1. The van der Waals surface area contributed by atoms with Gasteiger partial charge < -0.3 is 10.8 Å². The molecule has 6 nitrogen and oxygen atoms in total. The van der Waals surface area contributed by atoms with E-state index in [1.165, 1.54) is 0 Å². The Labute approximate surface area is 117 Å². The number of aryl methyl sites for hydroxylation is 2. The van der Waals surface area contributed by atoms with Crippen LogP contribution < -0.4 is 5.73 Å². The van der Waals surface area contributed by atoms with Crippen LogP contribution in [-0.4, -0.2) is 19.2 Å². The van der Waals surface area contributed by atoms with Crippen molar-refractivity contribution in [1.29, 1.82) is 0 Å². The third kappa shape index (κ3) is 2.09. The van der Waals surface area contributed by atoms with Crippen molar-refractivity contribution < 1.29 is 5.11 Å². The van der Waals surface area contributed by atoms with E-state index in [0.717, 1.165) is 16.5 Å². The SMILES string of the molecule is C/N=N/c1c(C)cc2cc(C)c(/N=N/C)c(O)c2c1N. The van der Waals surface area contributed by atoms with Gasteiger partial charge in [0.15, 0.2) is 5.75 Å². The van der Waals surface area contributed by atoms with Crippen LogP contribution in [0, 0.1) is 13.8 Å². The molecule has 0 saturated heterocycles. The van der Waals surface area contributed by atoms with Gasteiger partial charge in [-0.3, -0.25) is 0 Å². The molecule has 0 spiro atoms. The van der Waals surface area contributed by atoms with Crippen LogP contribution in [0.25, 0.3) is 10.8 Å². The summed E-state index contributed by atoms with van der Waals surface area (Å²) >= 11 is 0. The van der Waals surface area contributed by atoms with Gasteiger partial charge in [0.05, 0.1) is 11.1 Å². The first-order valence-corrected chi connectivity index (χ1v) is 6.16. The van der Waals surface area contributed by atoms with Crippen molar-refractivity contribution in [2.45, 2.75) is 13.8 Å². The number of aromatic hydroxyl groups is 1. The lowest BCUT2D eigenvalue weighted by molar-refractivity contribution is 0.482. The van der Waals surface area contributed by atoms with E-state index in [2.05, 4.69) is 20.5 Å². The van der Waals surface area contributed by atoms with Crippen molar-refractivity contribution in [3.8, 4) is 5.75 Å². The van der Waals surface area contributed by atoms with Crippen LogP contribution >= 0.6 is 0 Å². The molecule has 104 valence electrons. The van der Waals surface area contributed by atoms with Crippen molar-refractivity contribution in [3.05, 3.63) is 23.3 Å². The van der Waals surface area contributed by atoms with Crippen molar-refractivity contribution in [1.82, 2.24) is 0 Å². The zero-order chi connectivity index (χ0) is 14.9. The molecule has 0 heterocycles. The first kappa shape index (κ1) is 13.9. The lowest BCUT2D eigenvalue weighted by Crippen LogP contribution is -1.92. The van der Waals surface area contributed by atoms with Crippen LogP contribution in [0.1, 0.15) is 11.1 Å². The van der Waals surface area contributed by atoms with Gasteiger partial charge in [-0.15, -0.1) is 0 Å². The average molecular weight is 271 g/mol. The smallest absolute Gasteiger partial charge is 0.153 e. The van der Waals surface area contributed by atoms with Gasteiger partial charge in [-0.1, -0.05) is 0 Å². The zero-order valence-corrected chi connectivity index (χ0v) is 12.0. The lowest BCUT2D eigenvalue weighted by Gasteiger charge is -2.12. The Morgan fingerprint density at radius 2 is 1.45 bits per heavy atom. The molecule has 2 rings (SSSR count). The Morgan fingerprint density at radius 1 is 0.950 bits per heavy atom. The molecule has 2 aromatic rings. The summed E-state index contributed by atoms with van der Waals surface area (Å²) in [7, 11) is 3.13. The molecular formula is C14H17N5O. The Kier molecular flexibility index (Phi) is 3.65. The average Bonchev–Trinajstić information content (AvgIpc) is 2.39. The molecule has 0 fully saturated rings. The molecular weight excluding hydrogens is 254 g/mol. The molecule has 6 heteroatoms. The van der Waals surface area contributed by atoms with Gasteiger partial charge in [0, 0.05) is 14.1 Å². The van der Waals surface area contributed by atoms with E-state index < -0.39 is 0 Å². The maximum Gasteiger partial charge on any atom is 0.153 e. The lowest BCUT2D eigenvalue weighted by atomic mass is 9.99. The third-order valence-corrected chi connectivity index (χ3v) is 3.17. The minimum absolute atomic E-state index is 0.0238.